The highest BCUT2D eigenvalue weighted by atomic mass is 127. The quantitative estimate of drug-likeness (QED) is 0.120. The number of hydrogen-bond acceptors (Lipinski definition) is 5. The zero-order valence-electron chi connectivity index (χ0n) is 14.7. The van der Waals surface area contributed by atoms with E-state index in [0.717, 1.165) is 27.9 Å². The van der Waals surface area contributed by atoms with Gasteiger partial charge in [-0.05, 0) is 121 Å². The van der Waals surface area contributed by atoms with Gasteiger partial charge in [0.2, 0.25) is 0 Å². The highest BCUT2D eigenvalue weighted by Crippen LogP contribution is 2.37. The largest absolute Gasteiger partial charge is 0.744 e. The number of benzene rings is 3. The molecule has 0 spiro atoms. The molecule has 5 nitrogen and oxygen atoms in total. The first-order valence-corrected chi connectivity index (χ1v) is 13.2. The van der Waals surface area contributed by atoms with Gasteiger partial charge in [0.1, 0.15) is 15.9 Å². The standard InChI is InChI=1S/C20H13I3O5S/c21-17-12-4-1-2-5-13(12)18(22)19(23)16(17)20(24)28-14-8-9-15(29(25,26)27)11-7-3-6-10(11)14/h1-2,4-5,8-9H,3,6-7H2,(H,25,26,27)/p-1. The van der Waals surface area contributed by atoms with E-state index in [1.807, 2.05) is 24.3 Å². The fraction of sp³-hybridized carbons (Fsp3) is 0.150. The van der Waals surface area contributed by atoms with Crippen LogP contribution in [0.15, 0.2) is 41.3 Å². The van der Waals surface area contributed by atoms with E-state index in [0.29, 0.717) is 35.3 Å². The molecule has 0 N–H and O–H groups in total. The lowest BCUT2D eigenvalue weighted by molar-refractivity contribution is 0.0731. The van der Waals surface area contributed by atoms with E-state index in [4.69, 9.17) is 4.74 Å². The average molecular weight is 745 g/mol. The third-order valence-electron chi connectivity index (χ3n) is 4.91. The van der Waals surface area contributed by atoms with Gasteiger partial charge in [-0.25, -0.2) is 13.2 Å². The van der Waals surface area contributed by atoms with Gasteiger partial charge in [-0.2, -0.15) is 0 Å². The molecule has 29 heavy (non-hydrogen) atoms. The maximum absolute atomic E-state index is 13.1. The van der Waals surface area contributed by atoms with Crippen molar-refractivity contribution < 1.29 is 22.5 Å². The lowest BCUT2D eigenvalue weighted by Gasteiger charge is -2.17. The summed E-state index contributed by atoms with van der Waals surface area (Å²) in [6.45, 7) is 0. The van der Waals surface area contributed by atoms with Gasteiger partial charge < -0.3 is 9.29 Å². The second-order valence-corrected chi connectivity index (χ2v) is 11.2. The van der Waals surface area contributed by atoms with Crippen molar-refractivity contribution in [2.24, 2.45) is 0 Å². The van der Waals surface area contributed by atoms with Gasteiger partial charge in [-0.15, -0.1) is 0 Å². The minimum Gasteiger partial charge on any atom is -0.744 e. The Kier molecular flexibility index (Phi) is 6.14. The van der Waals surface area contributed by atoms with Gasteiger partial charge in [0.15, 0.2) is 0 Å². The molecule has 0 unspecified atom stereocenters. The van der Waals surface area contributed by atoms with Gasteiger partial charge in [-0.3, -0.25) is 0 Å². The van der Waals surface area contributed by atoms with Crippen molar-refractivity contribution in [1.82, 2.24) is 0 Å². The molecule has 1 aliphatic rings. The molecule has 3 aromatic carbocycles. The second-order valence-electron chi connectivity index (χ2n) is 6.58. The van der Waals surface area contributed by atoms with Crippen LogP contribution in [-0.4, -0.2) is 18.9 Å². The molecule has 3 aromatic rings. The average Bonchev–Trinajstić information content (AvgIpc) is 3.16. The van der Waals surface area contributed by atoms with E-state index < -0.39 is 16.1 Å². The summed E-state index contributed by atoms with van der Waals surface area (Å²) in [5.41, 5.74) is 1.60. The highest BCUT2D eigenvalue weighted by Gasteiger charge is 2.26. The fourth-order valence-electron chi connectivity index (χ4n) is 3.62. The summed E-state index contributed by atoms with van der Waals surface area (Å²) in [7, 11) is -4.56. The van der Waals surface area contributed by atoms with Gasteiger partial charge >= 0.3 is 5.97 Å². The molecular formula is C20H12I3O5S-. The van der Waals surface area contributed by atoms with Crippen molar-refractivity contribution in [1.29, 1.82) is 0 Å². The van der Waals surface area contributed by atoms with Crippen LogP contribution in [-0.2, 0) is 23.0 Å². The molecule has 0 saturated heterocycles. The molecule has 9 heteroatoms. The number of carbonyl (C=O) groups excluding carboxylic acids is 1. The lowest BCUT2D eigenvalue weighted by Crippen LogP contribution is -2.15. The van der Waals surface area contributed by atoms with Crippen LogP contribution >= 0.6 is 67.8 Å². The summed E-state index contributed by atoms with van der Waals surface area (Å²) in [4.78, 5) is 12.9. The van der Waals surface area contributed by atoms with Crippen LogP contribution in [0.3, 0.4) is 0 Å². The smallest absolute Gasteiger partial charge is 0.345 e. The van der Waals surface area contributed by atoms with Gasteiger partial charge in [0.25, 0.3) is 0 Å². The Balaban J connectivity index is 1.80. The summed E-state index contributed by atoms with van der Waals surface area (Å²) >= 11 is 6.55. The summed E-state index contributed by atoms with van der Waals surface area (Å²) in [5.74, 6) is -0.168. The lowest BCUT2D eigenvalue weighted by atomic mass is 10.1. The molecule has 150 valence electrons. The number of ether oxygens (including phenoxy) is 1. The Morgan fingerprint density at radius 2 is 1.52 bits per heavy atom. The summed E-state index contributed by atoms with van der Waals surface area (Å²) < 4.78 is 42.9. The van der Waals surface area contributed by atoms with Crippen LogP contribution in [0, 0.1) is 10.7 Å². The van der Waals surface area contributed by atoms with Crippen LogP contribution in [0.5, 0.6) is 5.75 Å². The van der Waals surface area contributed by atoms with E-state index in [1.54, 1.807) is 0 Å². The predicted octanol–water partition coefficient (Wildman–Crippen LogP) is 5.27. The van der Waals surface area contributed by atoms with Gasteiger partial charge in [0, 0.05) is 10.7 Å². The highest BCUT2D eigenvalue weighted by molar-refractivity contribution is 14.1. The van der Waals surface area contributed by atoms with Crippen LogP contribution in [0.1, 0.15) is 27.9 Å². The summed E-state index contributed by atoms with van der Waals surface area (Å²) in [6, 6.07) is 10.5. The van der Waals surface area contributed by atoms with Gasteiger partial charge in [-0.1, -0.05) is 24.3 Å². The van der Waals surface area contributed by atoms with Crippen LogP contribution in [0.25, 0.3) is 10.8 Å². The Morgan fingerprint density at radius 1 is 0.897 bits per heavy atom. The molecule has 0 radical (unpaired) electrons. The van der Waals surface area contributed by atoms with Crippen molar-refractivity contribution in [3.63, 3.8) is 0 Å². The molecule has 0 aromatic heterocycles. The SMILES string of the molecule is O=C(Oc1ccc(S(=O)(=O)[O-])c2c1CCC2)c1c(I)c(I)c2ccccc2c1I. The minimum absolute atomic E-state index is 0.214. The van der Waals surface area contributed by atoms with E-state index in [-0.39, 0.29) is 4.90 Å². The molecule has 0 atom stereocenters. The molecule has 1 aliphatic carbocycles. The van der Waals surface area contributed by atoms with Crippen molar-refractivity contribution in [3.8, 4) is 5.75 Å². The van der Waals surface area contributed by atoms with Crippen LogP contribution in [0.4, 0.5) is 0 Å². The maximum atomic E-state index is 13.1. The Hall–Kier alpha value is -0.510. The number of esters is 1. The first-order valence-electron chi connectivity index (χ1n) is 8.58. The van der Waals surface area contributed by atoms with E-state index >= 15 is 0 Å². The summed E-state index contributed by atoms with van der Waals surface area (Å²) in [6.07, 6.45) is 1.78. The van der Waals surface area contributed by atoms with Crippen LogP contribution in [0.2, 0.25) is 0 Å². The predicted molar refractivity (Wildman–Crippen MR) is 133 cm³/mol. The normalized spacial score (nSPS) is 13.5. The first-order chi connectivity index (χ1) is 13.7. The molecule has 0 bridgehead atoms. The third kappa shape index (κ3) is 3.92. The summed E-state index contributed by atoms with van der Waals surface area (Å²) in [5, 5.41) is 2.05. The van der Waals surface area contributed by atoms with E-state index in [1.165, 1.54) is 12.1 Å². The van der Waals surface area contributed by atoms with E-state index in [2.05, 4.69) is 67.8 Å². The van der Waals surface area contributed by atoms with Crippen molar-refractivity contribution in [3.05, 3.63) is 63.8 Å². The first kappa shape index (κ1) is 21.7. The molecule has 0 amide bonds. The molecular weight excluding hydrogens is 733 g/mol. The van der Waals surface area contributed by atoms with Crippen molar-refractivity contribution >= 4 is 94.6 Å². The van der Waals surface area contributed by atoms with Crippen molar-refractivity contribution in [2.75, 3.05) is 0 Å². The number of carbonyl (C=O) groups is 1. The zero-order valence-corrected chi connectivity index (χ0v) is 22.0. The molecule has 4 rings (SSSR count). The van der Waals surface area contributed by atoms with Gasteiger partial charge in [0.05, 0.1) is 10.5 Å². The number of halogens is 3. The minimum atomic E-state index is -4.56. The second kappa shape index (κ2) is 8.20. The van der Waals surface area contributed by atoms with E-state index in [9.17, 15) is 17.8 Å². The zero-order chi connectivity index (χ0) is 20.9. The van der Waals surface area contributed by atoms with Crippen LogP contribution < -0.4 is 4.74 Å². The Bertz CT molecular complexity index is 1290. The van der Waals surface area contributed by atoms with Crippen molar-refractivity contribution in [2.45, 2.75) is 24.2 Å². The molecule has 0 fully saturated rings. The Labute approximate surface area is 208 Å². The molecule has 0 saturated carbocycles. The maximum Gasteiger partial charge on any atom is 0.345 e. The molecule has 0 heterocycles. The molecule has 0 aliphatic heterocycles. The Morgan fingerprint density at radius 3 is 2.17 bits per heavy atom. The number of fused-ring (bicyclic) bond motifs is 2. The monoisotopic (exact) mass is 745 g/mol. The fourth-order valence-corrected chi connectivity index (χ4v) is 7.38. The third-order valence-corrected chi connectivity index (χ3v) is 10.2. The number of rotatable bonds is 3. The topological polar surface area (TPSA) is 83.5 Å². The number of hydrogen-bond donors (Lipinski definition) is 0.